The Bertz CT molecular complexity index is 940. The van der Waals surface area contributed by atoms with Crippen molar-refractivity contribution >= 4 is 29.0 Å². The van der Waals surface area contributed by atoms with Crippen LogP contribution in [0.4, 0.5) is 0 Å². The lowest BCUT2D eigenvalue weighted by Gasteiger charge is -2.15. The number of aromatic nitrogens is 3. The van der Waals surface area contributed by atoms with Crippen LogP contribution in [0.1, 0.15) is 19.3 Å². The Kier molecular flexibility index (Phi) is 5.97. The van der Waals surface area contributed by atoms with Crippen LogP contribution in [0.3, 0.4) is 0 Å². The lowest BCUT2D eigenvalue weighted by molar-refractivity contribution is -0.127. The fourth-order valence-corrected chi connectivity index (χ4v) is 4.89. The second kappa shape index (κ2) is 8.79. The lowest BCUT2D eigenvalue weighted by atomic mass is 10.3. The maximum Gasteiger partial charge on any atom is 0.222 e. The van der Waals surface area contributed by atoms with E-state index in [1.54, 1.807) is 30.2 Å². The summed E-state index contributed by atoms with van der Waals surface area (Å²) in [7, 11) is 1.67. The minimum atomic E-state index is 0.280. The van der Waals surface area contributed by atoms with Gasteiger partial charge in [0.15, 0.2) is 11.0 Å². The Morgan fingerprint density at radius 1 is 1.21 bits per heavy atom. The average Bonchev–Trinajstić information content (AvgIpc) is 3.46. The Balaban J connectivity index is 1.56. The van der Waals surface area contributed by atoms with Crippen LogP contribution in [-0.4, -0.2) is 51.5 Å². The Morgan fingerprint density at radius 3 is 2.86 bits per heavy atom. The van der Waals surface area contributed by atoms with Gasteiger partial charge in [-0.3, -0.25) is 9.36 Å². The second-order valence-electron chi connectivity index (χ2n) is 6.48. The number of rotatable bonds is 8. The maximum atomic E-state index is 11.8. The van der Waals surface area contributed by atoms with Crippen molar-refractivity contribution in [3.63, 3.8) is 0 Å². The molecule has 4 rings (SSSR count). The summed E-state index contributed by atoms with van der Waals surface area (Å²) in [6, 6.07) is 12.0. The third-order valence-electron chi connectivity index (χ3n) is 4.68. The van der Waals surface area contributed by atoms with Gasteiger partial charge in [0.25, 0.3) is 0 Å². The van der Waals surface area contributed by atoms with Crippen molar-refractivity contribution < 1.29 is 9.53 Å². The molecule has 0 radical (unpaired) electrons. The Morgan fingerprint density at radius 2 is 2.11 bits per heavy atom. The highest BCUT2D eigenvalue weighted by molar-refractivity contribution is 7.99. The number of carbonyl (C=O) groups is 1. The zero-order valence-corrected chi connectivity index (χ0v) is 17.3. The average molecular weight is 415 g/mol. The van der Waals surface area contributed by atoms with Crippen molar-refractivity contribution in [3.8, 4) is 22.1 Å². The first-order chi connectivity index (χ1) is 13.8. The fourth-order valence-electron chi connectivity index (χ4n) is 3.32. The summed E-state index contributed by atoms with van der Waals surface area (Å²) in [6.45, 7) is 1.70. The summed E-state index contributed by atoms with van der Waals surface area (Å²) in [5.74, 6) is 2.75. The number of methoxy groups -OCH3 is 1. The second-order valence-corrected chi connectivity index (χ2v) is 8.49. The number of likely N-dealkylation sites (tertiary alicyclic amines) is 1. The molecule has 8 heteroatoms. The van der Waals surface area contributed by atoms with Gasteiger partial charge in [0.1, 0.15) is 5.75 Å². The quantitative estimate of drug-likeness (QED) is 0.410. The molecule has 0 bridgehead atoms. The number of carbonyl (C=O) groups excluding carboxylic acids is 1. The molecule has 0 saturated carbocycles. The van der Waals surface area contributed by atoms with Crippen molar-refractivity contribution in [3.05, 3.63) is 41.8 Å². The molecule has 0 N–H and O–H groups in total. The number of hydrogen-bond donors (Lipinski definition) is 0. The van der Waals surface area contributed by atoms with Crippen LogP contribution in [-0.2, 0) is 4.79 Å². The number of benzene rings is 1. The van der Waals surface area contributed by atoms with Gasteiger partial charge in [-0.1, -0.05) is 30.0 Å². The van der Waals surface area contributed by atoms with Gasteiger partial charge in [-0.2, -0.15) is 0 Å². The van der Waals surface area contributed by atoms with Gasteiger partial charge in [-0.25, -0.2) is 0 Å². The summed E-state index contributed by atoms with van der Waals surface area (Å²) < 4.78 is 7.64. The van der Waals surface area contributed by atoms with Gasteiger partial charge < -0.3 is 9.64 Å². The highest BCUT2D eigenvalue weighted by Gasteiger charge is 2.21. The standard InChI is InChI=1S/C20H22N4O2S2/c1-26-16-8-3-2-7-15(16)24-19(17-9-5-13-27-17)21-22-20(24)28-14-6-12-23-11-4-10-18(23)25/h2-3,5,7-9,13H,4,6,10-12,14H2,1H3. The molecule has 1 saturated heterocycles. The van der Waals surface area contributed by atoms with Crippen LogP contribution >= 0.6 is 23.1 Å². The molecule has 0 unspecified atom stereocenters. The summed E-state index contributed by atoms with van der Waals surface area (Å²) >= 11 is 3.30. The van der Waals surface area contributed by atoms with Crippen molar-refractivity contribution in [2.24, 2.45) is 0 Å². The summed E-state index contributed by atoms with van der Waals surface area (Å²) in [6.07, 6.45) is 2.61. The molecule has 146 valence electrons. The van der Waals surface area contributed by atoms with Gasteiger partial charge in [-0.15, -0.1) is 21.5 Å². The number of hydrogen-bond acceptors (Lipinski definition) is 6. The molecule has 1 aromatic carbocycles. The van der Waals surface area contributed by atoms with E-state index in [1.165, 1.54) is 0 Å². The predicted molar refractivity (Wildman–Crippen MR) is 112 cm³/mol. The molecule has 2 aromatic heterocycles. The van der Waals surface area contributed by atoms with Crippen molar-refractivity contribution in [1.29, 1.82) is 0 Å². The van der Waals surface area contributed by atoms with Crippen LogP contribution in [0, 0.1) is 0 Å². The molecule has 0 spiro atoms. The van der Waals surface area contributed by atoms with E-state index < -0.39 is 0 Å². The topological polar surface area (TPSA) is 60.2 Å². The van der Waals surface area contributed by atoms with E-state index in [4.69, 9.17) is 4.74 Å². The van der Waals surface area contributed by atoms with E-state index in [9.17, 15) is 4.79 Å². The number of amides is 1. The third-order valence-corrected chi connectivity index (χ3v) is 6.56. The fraction of sp³-hybridized carbons (Fsp3) is 0.350. The Hall–Kier alpha value is -2.32. The normalized spacial score (nSPS) is 14.0. The van der Waals surface area contributed by atoms with Crippen LogP contribution in [0.15, 0.2) is 46.9 Å². The van der Waals surface area contributed by atoms with E-state index in [0.717, 1.165) is 59.0 Å². The minimum Gasteiger partial charge on any atom is -0.495 e. The van der Waals surface area contributed by atoms with Gasteiger partial charge in [0, 0.05) is 25.3 Å². The minimum absolute atomic E-state index is 0.280. The summed E-state index contributed by atoms with van der Waals surface area (Å²) in [5.41, 5.74) is 0.927. The zero-order valence-electron chi connectivity index (χ0n) is 15.7. The third kappa shape index (κ3) is 3.93. The molecular formula is C20H22N4O2S2. The molecule has 3 heterocycles. The number of thioether (sulfide) groups is 1. The highest BCUT2D eigenvalue weighted by atomic mass is 32.2. The van der Waals surface area contributed by atoms with E-state index >= 15 is 0 Å². The van der Waals surface area contributed by atoms with Gasteiger partial charge in [-0.05, 0) is 36.4 Å². The van der Waals surface area contributed by atoms with Crippen LogP contribution in [0.2, 0.25) is 0 Å². The number of para-hydroxylation sites is 2. The van der Waals surface area contributed by atoms with Gasteiger partial charge in [0.05, 0.1) is 17.7 Å². The van der Waals surface area contributed by atoms with E-state index in [-0.39, 0.29) is 5.91 Å². The molecule has 28 heavy (non-hydrogen) atoms. The van der Waals surface area contributed by atoms with E-state index in [2.05, 4.69) is 14.8 Å². The molecule has 1 aliphatic heterocycles. The van der Waals surface area contributed by atoms with Crippen LogP contribution in [0.5, 0.6) is 5.75 Å². The van der Waals surface area contributed by atoms with Crippen molar-refractivity contribution in [1.82, 2.24) is 19.7 Å². The molecule has 1 amide bonds. The van der Waals surface area contributed by atoms with Gasteiger partial charge >= 0.3 is 0 Å². The summed E-state index contributed by atoms with van der Waals surface area (Å²) in [5, 5.41) is 11.8. The molecule has 1 fully saturated rings. The van der Waals surface area contributed by atoms with E-state index in [1.807, 2.05) is 46.7 Å². The van der Waals surface area contributed by atoms with Crippen LogP contribution in [0.25, 0.3) is 16.4 Å². The first kappa shape index (κ1) is 19.0. The Labute approximate surface area is 172 Å². The predicted octanol–water partition coefficient (Wildman–Crippen LogP) is 4.11. The molecule has 3 aromatic rings. The molecule has 1 aliphatic rings. The molecular weight excluding hydrogens is 392 g/mol. The van der Waals surface area contributed by atoms with Crippen molar-refractivity contribution in [2.75, 3.05) is 26.0 Å². The van der Waals surface area contributed by atoms with E-state index in [0.29, 0.717) is 6.42 Å². The van der Waals surface area contributed by atoms with Gasteiger partial charge in [0.2, 0.25) is 5.91 Å². The number of ether oxygens (including phenoxy) is 1. The SMILES string of the molecule is COc1ccccc1-n1c(SCCCN2CCCC2=O)nnc1-c1cccs1. The molecule has 0 aliphatic carbocycles. The molecule has 6 nitrogen and oxygen atoms in total. The first-order valence-corrected chi connectivity index (χ1v) is 11.2. The van der Waals surface area contributed by atoms with Crippen LogP contribution < -0.4 is 4.74 Å². The lowest BCUT2D eigenvalue weighted by Crippen LogP contribution is -2.25. The maximum absolute atomic E-state index is 11.8. The highest BCUT2D eigenvalue weighted by Crippen LogP contribution is 2.34. The number of thiophene rings is 1. The monoisotopic (exact) mass is 414 g/mol. The van der Waals surface area contributed by atoms with Crippen molar-refractivity contribution in [2.45, 2.75) is 24.4 Å². The zero-order chi connectivity index (χ0) is 19.3. The molecule has 0 atom stereocenters. The first-order valence-electron chi connectivity index (χ1n) is 9.31. The number of nitrogens with zero attached hydrogens (tertiary/aromatic N) is 4. The smallest absolute Gasteiger partial charge is 0.222 e. The largest absolute Gasteiger partial charge is 0.495 e. The summed E-state index contributed by atoms with van der Waals surface area (Å²) in [4.78, 5) is 14.8.